The van der Waals surface area contributed by atoms with Crippen LogP contribution in [0, 0.1) is 0 Å². The first-order valence-corrected chi connectivity index (χ1v) is 7.77. The molecule has 1 heterocycles. The molecule has 0 aliphatic rings. The van der Waals surface area contributed by atoms with E-state index >= 15 is 0 Å². The maximum atomic E-state index is 5.37. The molecule has 0 fully saturated rings. The average Bonchev–Trinajstić information content (AvgIpc) is 2.97. The average molecular weight is 287 g/mol. The van der Waals surface area contributed by atoms with Crippen LogP contribution in [0.5, 0.6) is 0 Å². The molecule has 21 heavy (non-hydrogen) atoms. The first-order valence-electron chi connectivity index (χ1n) is 7.77. The van der Waals surface area contributed by atoms with Gasteiger partial charge in [-0.15, -0.1) is 0 Å². The van der Waals surface area contributed by atoms with E-state index in [0.717, 1.165) is 51.5 Å². The van der Waals surface area contributed by atoms with Gasteiger partial charge in [0.25, 0.3) is 0 Å². The molecule has 114 valence electrons. The Morgan fingerprint density at radius 2 is 2.05 bits per heavy atom. The number of imidazole rings is 1. The first kappa shape index (κ1) is 15.6. The van der Waals surface area contributed by atoms with Crippen molar-refractivity contribution in [3.8, 4) is 0 Å². The molecule has 0 atom stereocenters. The number of ether oxygens (including phenoxy) is 1. The maximum Gasteiger partial charge on any atom is 0.202 e. The highest BCUT2D eigenvalue weighted by molar-refractivity contribution is 5.25. The van der Waals surface area contributed by atoms with Gasteiger partial charge >= 0.3 is 0 Å². The second-order valence-electron chi connectivity index (χ2n) is 5.01. The predicted molar refractivity (Wildman–Crippen MR) is 86.6 cm³/mol. The van der Waals surface area contributed by atoms with Gasteiger partial charge in [0, 0.05) is 38.7 Å². The van der Waals surface area contributed by atoms with E-state index in [2.05, 4.69) is 45.2 Å². The van der Waals surface area contributed by atoms with Gasteiger partial charge in [0.15, 0.2) is 0 Å². The van der Waals surface area contributed by atoms with Crippen LogP contribution in [0.3, 0.4) is 0 Å². The lowest BCUT2D eigenvalue weighted by Gasteiger charge is -2.10. The molecule has 0 spiro atoms. The quantitative estimate of drug-likeness (QED) is 0.681. The van der Waals surface area contributed by atoms with E-state index in [-0.39, 0.29) is 0 Å². The Balaban J connectivity index is 1.67. The molecule has 0 unspecified atom stereocenters. The second kappa shape index (κ2) is 9.19. The van der Waals surface area contributed by atoms with E-state index in [1.54, 1.807) is 0 Å². The monoisotopic (exact) mass is 287 g/mol. The summed E-state index contributed by atoms with van der Waals surface area (Å²) in [5.74, 6) is 0.958. The summed E-state index contributed by atoms with van der Waals surface area (Å²) in [6.07, 6.45) is 7.09. The third-order valence-electron chi connectivity index (χ3n) is 3.38. The third-order valence-corrected chi connectivity index (χ3v) is 3.38. The minimum atomic E-state index is 0.786. The van der Waals surface area contributed by atoms with E-state index in [1.807, 2.05) is 19.3 Å². The molecule has 1 N–H and O–H groups in total. The second-order valence-corrected chi connectivity index (χ2v) is 5.01. The fraction of sp³-hybridized carbons (Fsp3) is 0.471. The Labute approximate surface area is 127 Å². The van der Waals surface area contributed by atoms with Crippen LogP contribution in [0.1, 0.15) is 25.3 Å². The van der Waals surface area contributed by atoms with Crippen LogP contribution in [-0.2, 0) is 17.7 Å². The van der Waals surface area contributed by atoms with Crippen LogP contribution < -0.4 is 5.32 Å². The third kappa shape index (κ3) is 5.60. The summed E-state index contributed by atoms with van der Waals surface area (Å²) in [7, 11) is 0. The summed E-state index contributed by atoms with van der Waals surface area (Å²) in [5, 5.41) is 3.42. The number of rotatable bonds is 10. The van der Waals surface area contributed by atoms with Crippen LogP contribution >= 0.6 is 0 Å². The SMILES string of the molecule is CCOCCCn1ccnc1NCCCc1ccccc1. The molecule has 0 aliphatic heterocycles. The van der Waals surface area contributed by atoms with Crippen molar-refractivity contribution in [2.45, 2.75) is 32.7 Å². The molecule has 0 radical (unpaired) electrons. The number of anilines is 1. The van der Waals surface area contributed by atoms with Crippen LogP contribution in [0.4, 0.5) is 5.95 Å². The summed E-state index contributed by atoms with van der Waals surface area (Å²) < 4.78 is 7.52. The van der Waals surface area contributed by atoms with Crippen molar-refractivity contribution in [3.63, 3.8) is 0 Å². The van der Waals surface area contributed by atoms with Gasteiger partial charge in [0.1, 0.15) is 0 Å². The number of nitrogens with one attached hydrogen (secondary N) is 1. The molecule has 4 nitrogen and oxygen atoms in total. The highest BCUT2D eigenvalue weighted by Gasteiger charge is 2.01. The van der Waals surface area contributed by atoms with Crippen molar-refractivity contribution in [2.75, 3.05) is 25.1 Å². The highest BCUT2D eigenvalue weighted by atomic mass is 16.5. The van der Waals surface area contributed by atoms with Gasteiger partial charge in [0.05, 0.1) is 0 Å². The first-order chi connectivity index (χ1) is 10.4. The molecular formula is C17H25N3O. The number of hydrogen-bond donors (Lipinski definition) is 1. The number of hydrogen-bond acceptors (Lipinski definition) is 3. The van der Waals surface area contributed by atoms with Gasteiger partial charge in [0.2, 0.25) is 5.95 Å². The lowest BCUT2D eigenvalue weighted by atomic mass is 10.1. The Bertz CT molecular complexity index is 496. The van der Waals surface area contributed by atoms with Gasteiger partial charge in [-0.1, -0.05) is 30.3 Å². The molecule has 2 rings (SSSR count). The molecule has 4 heteroatoms. The lowest BCUT2D eigenvalue weighted by Crippen LogP contribution is -2.10. The minimum Gasteiger partial charge on any atom is -0.382 e. The summed E-state index contributed by atoms with van der Waals surface area (Å²) in [6.45, 7) is 5.51. The van der Waals surface area contributed by atoms with Crippen LogP contribution in [0.2, 0.25) is 0 Å². The van der Waals surface area contributed by atoms with E-state index in [4.69, 9.17) is 4.74 Å². The van der Waals surface area contributed by atoms with Gasteiger partial charge in [-0.2, -0.15) is 0 Å². The molecule has 0 saturated carbocycles. The Morgan fingerprint density at radius 3 is 2.86 bits per heavy atom. The van der Waals surface area contributed by atoms with Gasteiger partial charge in [-0.3, -0.25) is 0 Å². The van der Waals surface area contributed by atoms with Crippen molar-refractivity contribution < 1.29 is 4.74 Å². The zero-order valence-electron chi connectivity index (χ0n) is 12.8. The fourth-order valence-corrected chi connectivity index (χ4v) is 2.28. The predicted octanol–water partition coefficient (Wildman–Crippen LogP) is 3.35. The van der Waals surface area contributed by atoms with E-state index in [0.29, 0.717) is 0 Å². The van der Waals surface area contributed by atoms with Crippen molar-refractivity contribution in [2.24, 2.45) is 0 Å². The number of benzene rings is 1. The molecule has 1 aromatic carbocycles. The molecule has 0 aliphatic carbocycles. The van der Waals surface area contributed by atoms with Crippen molar-refractivity contribution in [1.29, 1.82) is 0 Å². The maximum absolute atomic E-state index is 5.37. The van der Waals surface area contributed by atoms with Gasteiger partial charge < -0.3 is 14.6 Å². The summed E-state index contributed by atoms with van der Waals surface area (Å²) in [4.78, 5) is 4.37. The smallest absolute Gasteiger partial charge is 0.202 e. The lowest BCUT2D eigenvalue weighted by molar-refractivity contribution is 0.142. The summed E-state index contributed by atoms with van der Waals surface area (Å²) in [5.41, 5.74) is 1.39. The molecule has 1 aromatic heterocycles. The van der Waals surface area contributed by atoms with E-state index < -0.39 is 0 Å². The van der Waals surface area contributed by atoms with Crippen molar-refractivity contribution in [3.05, 3.63) is 48.3 Å². The topological polar surface area (TPSA) is 39.1 Å². The standard InChI is InChI=1S/C17H25N3O/c1-2-21-15-7-13-20-14-12-19-17(20)18-11-6-10-16-8-4-3-5-9-16/h3-5,8-9,12,14H,2,6-7,10-11,13,15H2,1H3,(H,18,19). The number of aromatic nitrogens is 2. The molecule has 0 saturated heterocycles. The molecular weight excluding hydrogens is 262 g/mol. The molecule has 0 bridgehead atoms. The highest BCUT2D eigenvalue weighted by Crippen LogP contribution is 2.07. The minimum absolute atomic E-state index is 0.786. The molecule has 2 aromatic rings. The Kier molecular flexibility index (Phi) is 6.81. The van der Waals surface area contributed by atoms with Gasteiger partial charge in [-0.25, -0.2) is 4.98 Å². The zero-order valence-corrected chi connectivity index (χ0v) is 12.8. The zero-order chi connectivity index (χ0) is 14.8. The molecule has 0 amide bonds. The number of nitrogens with zero attached hydrogens (tertiary/aromatic N) is 2. The van der Waals surface area contributed by atoms with Crippen molar-refractivity contribution >= 4 is 5.95 Å². The van der Waals surface area contributed by atoms with E-state index in [9.17, 15) is 0 Å². The Hall–Kier alpha value is -1.81. The normalized spacial score (nSPS) is 10.7. The van der Waals surface area contributed by atoms with Crippen LogP contribution in [-0.4, -0.2) is 29.3 Å². The fourth-order valence-electron chi connectivity index (χ4n) is 2.28. The largest absolute Gasteiger partial charge is 0.382 e. The number of aryl methyl sites for hydroxylation is 2. The summed E-state index contributed by atoms with van der Waals surface area (Å²) >= 11 is 0. The van der Waals surface area contributed by atoms with E-state index in [1.165, 1.54) is 5.56 Å². The van der Waals surface area contributed by atoms with Gasteiger partial charge in [-0.05, 0) is 31.7 Å². The summed E-state index contributed by atoms with van der Waals surface area (Å²) in [6, 6.07) is 10.6. The van der Waals surface area contributed by atoms with Crippen LogP contribution in [0.15, 0.2) is 42.7 Å². The van der Waals surface area contributed by atoms with Crippen LogP contribution in [0.25, 0.3) is 0 Å². The van der Waals surface area contributed by atoms with Crippen molar-refractivity contribution in [1.82, 2.24) is 9.55 Å². The Morgan fingerprint density at radius 1 is 1.19 bits per heavy atom.